The third-order valence-corrected chi connectivity index (χ3v) is 5.75. The number of aromatic nitrogens is 1. The summed E-state index contributed by atoms with van der Waals surface area (Å²) in [4.78, 5) is 2.26. The van der Waals surface area contributed by atoms with Crippen LogP contribution in [0.2, 0.25) is 0 Å². The molecule has 0 unspecified atom stereocenters. The molecular formula is C24H29FN2O3. The first-order chi connectivity index (χ1) is 14.7. The third-order valence-electron chi connectivity index (χ3n) is 5.75. The average molecular weight is 413 g/mol. The van der Waals surface area contributed by atoms with Crippen molar-refractivity contribution in [1.29, 1.82) is 0 Å². The van der Waals surface area contributed by atoms with Gasteiger partial charge >= 0.3 is 0 Å². The molecular weight excluding hydrogens is 383 g/mol. The largest absolute Gasteiger partial charge is 0.496 e. The number of ether oxygens (including phenoxy) is 2. The van der Waals surface area contributed by atoms with Crippen LogP contribution in [0.15, 0.2) is 34.9 Å². The molecule has 0 aliphatic carbocycles. The molecule has 4 rings (SSSR count). The van der Waals surface area contributed by atoms with Crippen LogP contribution in [0.1, 0.15) is 43.9 Å². The number of benzene rings is 2. The molecule has 1 aliphatic heterocycles. The minimum absolute atomic E-state index is 0.279. The molecule has 3 aromatic rings. The van der Waals surface area contributed by atoms with Crippen molar-refractivity contribution in [2.24, 2.45) is 0 Å². The number of anilines is 1. The Bertz CT molecular complexity index is 996. The van der Waals surface area contributed by atoms with E-state index in [0.717, 1.165) is 72.6 Å². The Morgan fingerprint density at radius 3 is 2.73 bits per heavy atom. The van der Waals surface area contributed by atoms with E-state index in [-0.39, 0.29) is 5.82 Å². The Kier molecular flexibility index (Phi) is 6.41. The Labute approximate surface area is 176 Å². The predicted octanol–water partition coefficient (Wildman–Crippen LogP) is 5.54. The number of hydrogen-bond acceptors (Lipinski definition) is 5. The first-order valence-electron chi connectivity index (χ1n) is 10.8. The van der Waals surface area contributed by atoms with Gasteiger partial charge in [0.05, 0.1) is 30.5 Å². The molecule has 2 aromatic carbocycles. The van der Waals surface area contributed by atoms with E-state index in [9.17, 15) is 4.39 Å². The summed E-state index contributed by atoms with van der Waals surface area (Å²) in [6.07, 6.45) is 5.91. The smallest absolute Gasteiger partial charge is 0.172 e. The van der Waals surface area contributed by atoms with Gasteiger partial charge in [0, 0.05) is 25.2 Å². The number of nitrogens with zero attached hydrogens (tertiary/aromatic N) is 2. The van der Waals surface area contributed by atoms with Crippen molar-refractivity contribution in [3.63, 3.8) is 0 Å². The highest BCUT2D eigenvalue weighted by Gasteiger charge is 2.20. The second kappa shape index (κ2) is 9.37. The van der Waals surface area contributed by atoms with Gasteiger partial charge in [-0.05, 0) is 56.2 Å². The second-order valence-corrected chi connectivity index (χ2v) is 7.75. The number of piperidine rings is 1. The highest BCUT2D eigenvalue weighted by Crippen LogP contribution is 2.33. The van der Waals surface area contributed by atoms with E-state index in [2.05, 4.69) is 17.0 Å². The van der Waals surface area contributed by atoms with Gasteiger partial charge in [-0.15, -0.1) is 0 Å². The van der Waals surface area contributed by atoms with Gasteiger partial charge in [-0.1, -0.05) is 18.1 Å². The Hall–Kier alpha value is -2.76. The maximum Gasteiger partial charge on any atom is 0.172 e. The average Bonchev–Trinajstić information content (AvgIpc) is 3.19. The lowest BCUT2D eigenvalue weighted by atomic mass is 10.1. The third kappa shape index (κ3) is 4.37. The molecule has 160 valence electrons. The zero-order valence-electron chi connectivity index (χ0n) is 17.7. The molecule has 1 fully saturated rings. The molecule has 1 saturated heterocycles. The van der Waals surface area contributed by atoms with E-state index in [4.69, 9.17) is 14.0 Å². The molecule has 0 saturated carbocycles. The van der Waals surface area contributed by atoms with E-state index in [1.54, 1.807) is 13.2 Å². The summed E-state index contributed by atoms with van der Waals surface area (Å²) >= 11 is 0. The molecule has 0 N–H and O–H groups in total. The summed E-state index contributed by atoms with van der Waals surface area (Å²) in [5, 5.41) is 5.18. The minimum Gasteiger partial charge on any atom is -0.496 e. The van der Waals surface area contributed by atoms with Gasteiger partial charge in [0.2, 0.25) is 0 Å². The highest BCUT2D eigenvalue weighted by atomic mass is 19.1. The number of aryl methyl sites for hydroxylation is 2. The Morgan fingerprint density at radius 2 is 1.97 bits per heavy atom. The summed E-state index contributed by atoms with van der Waals surface area (Å²) in [5.41, 5.74) is 3.46. The molecule has 6 heteroatoms. The molecule has 0 radical (unpaired) electrons. The molecule has 0 atom stereocenters. The first-order valence-corrected chi connectivity index (χ1v) is 10.8. The zero-order chi connectivity index (χ0) is 20.9. The van der Waals surface area contributed by atoms with Crippen LogP contribution in [0.4, 0.5) is 10.1 Å². The van der Waals surface area contributed by atoms with E-state index in [1.807, 2.05) is 18.2 Å². The fourth-order valence-electron chi connectivity index (χ4n) is 4.17. The van der Waals surface area contributed by atoms with Gasteiger partial charge in [-0.3, -0.25) is 0 Å². The summed E-state index contributed by atoms with van der Waals surface area (Å²) < 4.78 is 30.9. The Morgan fingerprint density at radius 1 is 1.13 bits per heavy atom. The summed E-state index contributed by atoms with van der Waals surface area (Å²) in [6.45, 7) is 4.55. The van der Waals surface area contributed by atoms with Crippen LogP contribution in [0.3, 0.4) is 0 Å². The van der Waals surface area contributed by atoms with Crippen molar-refractivity contribution in [2.45, 2.75) is 45.4 Å². The maximum atomic E-state index is 14.1. The number of hydrogen-bond donors (Lipinski definition) is 0. The topological polar surface area (TPSA) is 47.7 Å². The molecule has 0 spiro atoms. The van der Waals surface area contributed by atoms with E-state index < -0.39 is 0 Å². The van der Waals surface area contributed by atoms with Crippen LogP contribution in [-0.2, 0) is 12.8 Å². The highest BCUT2D eigenvalue weighted by molar-refractivity contribution is 5.93. The van der Waals surface area contributed by atoms with Crippen molar-refractivity contribution >= 4 is 16.7 Å². The van der Waals surface area contributed by atoms with Crippen molar-refractivity contribution in [3.05, 3.63) is 47.4 Å². The van der Waals surface area contributed by atoms with Crippen molar-refractivity contribution < 1.29 is 18.4 Å². The van der Waals surface area contributed by atoms with E-state index in [1.165, 1.54) is 12.5 Å². The molecule has 5 nitrogen and oxygen atoms in total. The van der Waals surface area contributed by atoms with Crippen LogP contribution in [-0.4, -0.2) is 32.0 Å². The van der Waals surface area contributed by atoms with Gasteiger partial charge < -0.3 is 18.9 Å². The molecule has 0 bridgehead atoms. The quantitative estimate of drug-likeness (QED) is 0.455. The van der Waals surface area contributed by atoms with Crippen molar-refractivity contribution in [3.8, 4) is 11.5 Å². The van der Waals surface area contributed by atoms with E-state index >= 15 is 0 Å². The lowest BCUT2D eigenvalue weighted by molar-refractivity contribution is 0.306. The molecule has 1 aliphatic rings. The fraction of sp³-hybridized carbons (Fsp3) is 0.458. The maximum absolute atomic E-state index is 14.1. The van der Waals surface area contributed by atoms with Crippen LogP contribution >= 0.6 is 0 Å². The number of methoxy groups -OCH3 is 1. The molecule has 1 aromatic heterocycles. The number of fused-ring (bicyclic) bond motifs is 1. The van der Waals surface area contributed by atoms with Gasteiger partial charge in [0.1, 0.15) is 17.3 Å². The van der Waals surface area contributed by atoms with Crippen LogP contribution in [0, 0.1) is 5.82 Å². The summed E-state index contributed by atoms with van der Waals surface area (Å²) in [7, 11) is 1.68. The number of rotatable bonds is 8. The molecule has 30 heavy (non-hydrogen) atoms. The Balaban J connectivity index is 1.44. The van der Waals surface area contributed by atoms with E-state index in [0.29, 0.717) is 18.6 Å². The van der Waals surface area contributed by atoms with Crippen LogP contribution in [0.25, 0.3) is 11.0 Å². The second-order valence-electron chi connectivity index (χ2n) is 7.75. The SMILES string of the molecule is CCc1ccc(OCCCc2noc3cc(F)cc(N4CCCCC4)c23)cc1OC. The first kappa shape index (κ1) is 20.5. The molecule has 0 amide bonds. The van der Waals surface area contributed by atoms with Gasteiger partial charge in [-0.2, -0.15) is 0 Å². The fourth-order valence-corrected chi connectivity index (χ4v) is 4.17. The normalized spacial score (nSPS) is 14.3. The zero-order valence-corrected chi connectivity index (χ0v) is 17.7. The lowest BCUT2D eigenvalue weighted by Crippen LogP contribution is -2.29. The summed E-state index contributed by atoms with van der Waals surface area (Å²) in [6, 6.07) is 8.99. The number of halogens is 1. The van der Waals surface area contributed by atoms with Crippen molar-refractivity contribution in [1.82, 2.24) is 5.16 Å². The van der Waals surface area contributed by atoms with Gasteiger partial charge in [-0.25, -0.2) is 4.39 Å². The minimum atomic E-state index is -0.279. The van der Waals surface area contributed by atoms with Crippen LogP contribution in [0.5, 0.6) is 11.5 Å². The standard InChI is InChI=1S/C24H29FN2O3/c1-3-17-9-10-19(16-22(17)28-2)29-13-7-8-20-24-21(27-11-5-4-6-12-27)14-18(25)15-23(24)30-26-20/h9-10,14-16H,3-8,11-13H2,1-2H3. The van der Waals surface area contributed by atoms with Gasteiger partial charge in [0.15, 0.2) is 5.58 Å². The predicted molar refractivity (Wildman–Crippen MR) is 116 cm³/mol. The van der Waals surface area contributed by atoms with Gasteiger partial charge in [0.25, 0.3) is 0 Å². The molecule has 2 heterocycles. The van der Waals surface area contributed by atoms with Crippen molar-refractivity contribution in [2.75, 3.05) is 31.7 Å². The monoisotopic (exact) mass is 412 g/mol. The summed E-state index contributed by atoms with van der Waals surface area (Å²) in [5.74, 6) is 1.37. The lowest BCUT2D eigenvalue weighted by Gasteiger charge is -2.29. The van der Waals surface area contributed by atoms with Crippen LogP contribution < -0.4 is 14.4 Å².